The third kappa shape index (κ3) is 3.24. The van der Waals surface area contributed by atoms with Crippen molar-refractivity contribution in [2.45, 2.75) is 38.3 Å². The lowest BCUT2D eigenvalue weighted by Crippen LogP contribution is -2.47. The topological polar surface area (TPSA) is 94.1 Å². The van der Waals surface area contributed by atoms with E-state index >= 15 is 0 Å². The number of fused-ring (bicyclic) bond motifs is 1. The van der Waals surface area contributed by atoms with Gasteiger partial charge in [-0.15, -0.1) is 5.10 Å². The Balaban J connectivity index is 1.72. The van der Waals surface area contributed by atoms with E-state index in [0.29, 0.717) is 17.4 Å². The quantitative estimate of drug-likeness (QED) is 0.888. The Morgan fingerprint density at radius 1 is 1.30 bits per heavy atom. The first kappa shape index (κ1) is 15.6. The molecule has 1 aliphatic heterocycles. The lowest BCUT2D eigenvalue weighted by Gasteiger charge is -2.35. The van der Waals surface area contributed by atoms with Crippen LogP contribution in [0.2, 0.25) is 0 Å². The molecule has 23 heavy (non-hydrogen) atoms. The van der Waals surface area contributed by atoms with Crippen molar-refractivity contribution in [3.8, 4) is 0 Å². The number of hydrogen-bond donors (Lipinski definition) is 1. The van der Waals surface area contributed by atoms with E-state index in [4.69, 9.17) is 5.73 Å². The Labute approximate surface area is 134 Å². The van der Waals surface area contributed by atoms with Gasteiger partial charge >= 0.3 is 0 Å². The van der Waals surface area contributed by atoms with Crippen molar-refractivity contribution in [3.63, 3.8) is 0 Å². The number of aromatic nitrogens is 3. The number of hydrogen-bond acceptors (Lipinski definition) is 5. The molecule has 1 aromatic carbocycles. The molecule has 2 aromatic rings. The van der Waals surface area contributed by atoms with Gasteiger partial charge in [0.15, 0.2) is 0 Å². The van der Waals surface area contributed by atoms with Crippen LogP contribution in [0.25, 0.3) is 10.9 Å². The zero-order valence-electron chi connectivity index (χ0n) is 13.0. The molecule has 7 nitrogen and oxygen atoms in total. The summed E-state index contributed by atoms with van der Waals surface area (Å²) >= 11 is 0. The van der Waals surface area contributed by atoms with E-state index < -0.39 is 0 Å². The van der Waals surface area contributed by atoms with Crippen LogP contribution in [0.15, 0.2) is 29.1 Å². The monoisotopic (exact) mass is 315 g/mol. The maximum atomic E-state index is 12.4. The van der Waals surface area contributed by atoms with Gasteiger partial charge in [-0.25, -0.2) is 4.68 Å². The summed E-state index contributed by atoms with van der Waals surface area (Å²) in [7, 11) is 0. The van der Waals surface area contributed by atoms with Gasteiger partial charge in [-0.3, -0.25) is 9.59 Å². The minimum atomic E-state index is -0.211. The number of nitrogens with zero attached hydrogens (tertiary/aromatic N) is 4. The van der Waals surface area contributed by atoms with Crippen LogP contribution in [0.1, 0.15) is 25.7 Å². The van der Waals surface area contributed by atoms with Crippen LogP contribution in [0.5, 0.6) is 0 Å². The Morgan fingerprint density at radius 2 is 2.13 bits per heavy atom. The molecule has 1 saturated heterocycles. The van der Waals surface area contributed by atoms with Crippen molar-refractivity contribution in [1.82, 2.24) is 19.9 Å². The van der Waals surface area contributed by atoms with Gasteiger partial charge in [-0.2, -0.15) is 0 Å². The Kier molecular flexibility index (Phi) is 4.66. The fourth-order valence-corrected chi connectivity index (χ4v) is 3.09. The van der Waals surface area contributed by atoms with Crippen molar-refractivity contribution in [1.29, 1.82) is 0 Å². The second-order valence-corrected chi connectivity index (χ2v) is 5.86. The van der Waals surface area contributed by atoms with Gasteiger partial charge < -0.3 is 10.6 Å². The number of piperidine rings is 1. The van der Waals surface area contributed by atoms with Crippen LogP contribution in [0.4, 0.5) is 0 Å². The number of nitrogens with two attached hydrogens (primary N) is 1. The summed E-state index contributed by atoms with van der Waals surface area (Å²) in [5, 5.41) is 8.47. The Bertz CT molecular complexity index is 757. The van der Waals surface area contributed by atoms with Crippen molar-refractivity contribution >= 4 is 16.8 Å². The van der Waals surface area contributed by atoms with Gasteiger partial charge in [0.25, 0.3) is 5.56 Å². The lowest BCUT2D eigenvalue weighted by molar-refractivity contribution is -0.134. The fourth-order valence-electron chi connectivity index (χ4n) is 3.09. The molecule has 0 aliphatic carbocycles. The summed E-state index contributed by atoms with van der Waals surface area (Å²) in [6, 6.07) is 7.20. The molecule has 0 radical (unpaired) electrons. The normalized spacial score (nSPS) is 18.3. The molecule has 122 valence electrons. The molecular formula is C16H21N5O2. The summed E-state index contributed by atoms with van der Waals surface area (Å²) in [6.07, 6.45) is 3.32. The molecule has 1 fully saturated rings. The van der Waals surface area contributed by atoms with Gasteiger partial charge in [0, 0.05) is 25.6 Å². The highest BCUT2D eigenvalue weighted by molar-refractivity contribution is 5.77. The zero-order valence-corrected chi connectivity index (χ0v) is 13.0. The predicted molar refractivity (Wildman–Crippen MR) is 86.8 cm³/mol. The van der Waals surface area contributed by atoms with E-state index in [1.165, 1.54) is 4.68 Å². The number of carbonyl (C=O) groups is 1. The van der Waals surface area contributed by atoms with Gasteiger partial charge in [0.05, 0.1) is 11.9 Å². The SMILES string of the molecule is NCC1CCCCN1C(=O)CCn1nnc2ccccc2c1=O. The molecule has 2 N–H and O–H groups in total. The van der Waals surface area contributed by atoms with Crippen LogP contribution in [-0.4, -0.2) is 44.9 Å². The number of likely N-dealkylation sites (tertiary alicyclic amines) is 1. The average Bonchev–Trinajstić information content (AvgIpc) is 2.61. The molecule has 1 amide bonds. The van der Waals surface area contributed by atoms with Crippen molar-refractivity contribution < 1.29 is 4.79 Å². The predicted octanol–water partition coefficient (Wildman–Crippen LogP) is 0.521. The molecule has 0 saturated carbocycles. The van der Waals surface area contributed by atoms with Gasteiger partial charge in [0.1, 0.15) is 5.52 Å². The van der Waals surface area contributed by atoms with Gasteiger partial charge in [-0.1, -0.05) is 17.3 Å². The maximum absolute atomic E-state index is 12.4. The number of amides is 1. The largest absolute Gasteiger partial charge is 0.338 e. The van der Waals surface area contributed by atoms with Gasteiger partial charge in [-0.05, 0) is 31.4 Å². The smallest absolute Gasteiger partial charge is 0.277 e. The minimum absolute atomic E-state index is 0.0296. The molecule has 1 aliphatic rings. The van der Waals surface area contributed by atoms with E-state index in [9.17, 15) is 9.59 Å². The molecular weight excluding hydrogens is 294 g/mol. The third-order valence-electron chi connectivity index (χ3n) is 4.39. The van der Waals surface area contributed by atoms with Crippen molar-refractivity contribution in [2.75, 3.05) is 13.1 Å². The Hall–Kier alpha value is -2.28. The molecule has 1 aromatic heterocycles. The highest BCUT2D eigenvalue weighted by Crippen LogP contribution is 2.17. The van der Waals surface area contributed by atoms with Crippen LogP contribution in [0.3, 0.4) is 0 Å². The highest BCUT2D eigenvalue weighted by atomic mass is 16.2. The molecule has 3 rings (SSSR count). The third-order valence-corrected chi connectivity index (χ3v) is 4.39. The maximum Gasteiger partial charge on any atom is 0.277 e. The van der Waals surface area contributed by atoms with Crippen LogP contribution in [-0.2, 0) is 11.3 Å². The average molecular weight is 315 g/mol. The summed E-state index contributed by atoms with van der Waals surface area (Å²) in [6.45, 7) is 1.48. The number of benzene rings is 1. The molecule has 0 bridgehead atoms. The standard InChI is InChI=1S/C16H21N5O2/c17-11-12-5-3-4-9-20(12)15(22)8-10-21-16(23)13-6-1-2-7-14(13)18-19-21/h1-2,6-7,12H,3-5,8-11,17H2. The highest BCUT2D eigenvalue weighted by Gasteiger charge is 2.25. The second kappa shape index (κ2) is 6.87. The van der Waals surface area contributed by atoms with Crippen LogP contribution < -0.4 is 11.3 Å². The van der Waals surface area contributed by atoms with E-state index in [2.05, 4.69) is 10.3 Å². The van der Waals surface area contributed by atoms with Crippen LogP contribution in [0, 0.1) is 0 Å². The summed E-state index contributed by atoms with van der Waals surface area (Å²) < 4.78 is 1.27. The zero-order chi connectivity index (χ0) is 16.2. The summed E-state index contributed by atoms with van der Waals surface area (Å²) in [5.74, 6) is 0.0296. The molecule has 1 unspecified atom stereocenters. The van der Waals surface area contributed by atoms with E-state index in [1.807, 2.05) is 11.0 Å². The molecule has 7 heteroatoms. The lowest BCUT2D eigenvalue weighted by atomic mass is 10.0. The number of carbonyl (C=O) groups excluding carboxylic acids is 1. The summed E-state index contributed by atoms with van der Waals surface area (Å²) in [5.41, 5.74) is 6.11. The first-order valence-corrected chi connectivity index (χ1v) is 8.03. The van der Waals surface area contributed by atoms with Crippen molar-refractivity contribution in [2.24, 2.45) is 5.73 Å². The van der Waals surface area contributed by atoms with E-state index in [0.717, 1.165) is 25.8 Å². The fraction of sp³-hybridized carbons (Fsp3) is 0.500. The van der Waals surface area contributed by atoms with Crippen molar-refractivity contribution in [3.05, 3.63) is 34.6 Å². The number of aryl methyl sites for hydroxylation is 1. The number of rotatable bonds is 4. The van der Waals surface area contributed by atoms with E-state index in [-0.39, 0.29) is 30.5 Å². The molecule has 1 atom stereocenters. The second-order valence-electron chi connectivity index (χ2n) is 5.86. The van der Waals surface area contributed by atoms with Crippen LogP contribution >= 0.6 is 0 Å². The van der Waals surface area contributed by atoms with Gasteiger partial charge in [0.2, 0.25) is 5.91 Å². The van der Waals surface area contributed by atoms with E-state index in [1.54, 1.807) is 18.2 Å². The minimum Gasteiger partial charge on any atom is -0.338 e. The molecule has 0 spiro atoms. The summed E-state index contributed by atoms with van der Waals surface area (Å²) in [4.78, 5) is 26.6. The first-order chi connectivity index (χ1) is 11.2. The Morgan fingerprint density at radius 3 is 2.96 bits per heavy atom. The first-order valence-electron chi connectivity index (χ1n) is 8.03. The molecule has 2 heterocycles.